The molecule has 0 unspecified atom stereocenters. The summed E-state index contributed by atoms with van der Waals surface area (Å²) in [5.41, 5.74) is 3.45. The minimum absolute atomic E-state index is 0.221. The van der Waals surface area contributed by atoms with Crippen LogP contribution in [0.3, 0.4) is 0 Å². The number of nitrogens with one attached hydrogen (secondary N) is 1. The molecular formula is C17H16N2O2. The molecule has 106 valence electrons. The van der Waals surface area contributed by atoms with Crippen molar-refractivity contribution in [1.82, 2.24) is 4.98 Å². The Balaban J connectivity index is 2.29. The van der Waals surface area contributed by atoms with E-state index in [2.05, 4.69) is 22.1 Å². The van der Waals surface area contributed by atoms with Crippen LogP contribution in [0.1, 0.15) is 27.3 Å². The first-order valence-corrected chi connectivity index (χ1v) is 6.55. The maximum Gasteiger partial charge on any atom is 0.274 e. The molecule has 1 aromatic heterocycles. The van der Waals surface area contributed by atoms with E-state index < -0.39 is 0 Å². The van der Waals surface area contributed by atoms with Gasteiger partial charge in [-0.15, -0.1) is 0 Å². The van der Waals surface area contributed by atoms with Crippen LogP contribution in [0.4, 0.5) is 5.69 Å². The van der Waals surface area contributed by atoms with E-state index >= 15 is 0 Å². The number of aliphatic hydroxyl groups is 1. The fourth-order valence-electron chi connectivity index (χ4n) is 1.86. The Morgan fingerprint density at radius 1 is 1.29 bits per heavy atom. The van der Waals surface area contributed by atoms with Crippen LogP contribution in [-0.2, 0) is 0 Å². The lowest BCUT2D eigenvalue weighted by Crippen LogP contribution is -2.14. The van der Waals surface area contributed by atoms with Gasteiger partial charge >= 0.3 is 0 Å². The lowest BCUT2D eigenvalue weighted by atomic mass is 10.1. The first-order chi connectivity index (χ1) is 10.1. The normalized spacial score (nSPS) is 9.67. The van der Waals surface area contributed by atoms with Gasteiger partial charge < -0.3 is 10.4 Å². The molecule has 0 saturated carbocycles. The average Bonchev–Trinajstić information content (AvgIpc) is 2.47. The predicted molar refractivity (Wildman–Crippen MR) is 82.1 cm³/mol. The predicted octanol–water partition coefficient (Wildman–Crippen LogP) is 2.29. The van der Waals surface area contributed by atoms with Gasteiger partial charge in [-0.25, -0.2) is 4.98 Å². The van der Waals surface area contributed by atoms with Gasteiger partial charge in [0.2, 0.25) is 0 Å². The Bertz CT molecular complexity index is 727. The molecule has 0 fully saturated rings. The summed E-state index contributed by atoms with van der Waals surface area (Å²) >= 11 is 0. The van der Waals surface area contributed by atoms with Gasteiger partial charge in [-0.3, -0.25) is 4.79 Å². The smallest absolute Gasteiger partial charge is 0.274 e. The van der Waals surface area contributed by atoms with Crippen LogP contribution in [0.15, 0.2) is 36.4 Å². The number of aryl methyl sites for hydroxylation is 2. The minimum atomic E-state index is -0.283. The molecule has 0 atom stereocenters. The van der Waals surface area contributed by atoms with Gasteiger partial charge in [0.05, 0.1) is 5.69 Å². The number of benzene rings is 1. The van der Waals surface area contributed by atoms with Crippen LogP contribution in [-0.4, -0.2) is 22.6 Å². The highest BCUT2D eigenvalue weighted by atomic mass is 16.2. The molecule has 0 aliphatic carbocycles. The maximum atomic E-state index is 12.2. The Kier molecular flexibility index (Phi) is 4.70. The number of amides is 1. The zero-order valence-corrected chi connectivity index (χ0v) is 12.0. The number of rotatable bonds is 2. The number of carbonyl (C=O) groups excluding carboxylic acids is 1. The molecule has 21 heavy (non-hydrogen) atoms. The molecule has 0 radical (unpaired) electrons. The number of nitrogens with zero attached hydrogens (tertiary/aromatic N) is 1. The SMILES string of the molecule is Cc1ccc(NC(=O)c2cccc(C)n2)c(C#CCO)c1. The molecule has 0 aliphatic heterocycles. The Morgan fingerprint density at radius 3 is 2.81 bits per heavy atom. The van der Waals surface area contributed by atoms with Gasteiger partial charge in [-0.1, -0.05) is 24.0 Å². The van der Waals surface area contributed by atoms with E-state index in [1.807, 2.05) is 32.0 Å². The van der Waals surface area contributed by atoms with Crippen molar-refractivity contribution in [3.05, 3.63) is 58.9 Å². The fourth-order valence-corrected chi connectivity index (χ4v) is 1.86. The highest BCUT2D eigenvalue weighted by molar-refractivity contribution is 6.03. The van der Waals surface area contributed by atoms with Crippen LogP contribution in [0.2, 0.25) is 0 Å². The molecule has 1 aromatic carbocycles. The molecule has 1 heterocycles. The topological polar surface area (TPSA) is 62.2 Å². The second-order valence-corrected chi connectivity index (χ2v) is 4.63. The molecule has 2 rings (SSSR count). The third-order valence-electron chi connectivity index (χ3n) is 2.85. The van der Waals surface area contributed by atoms with Gasteiger partial charge in [0.15, 0.2) is 0 Å². The molecule has 0 aliphatic rings. The van der Waals surface area contributed by atoms with Gasteiger partial charge in [-0.05, 0) is 43.7 Å². The van der Waals surface area contributed by atoms with E-state index in [0.717, 1.165) is 11.3 Å². The maximum absolute atomic E-state index is 12.2. The van der Waals surface area contributed by atoms with Crippen molar-refractivity contribution in [1.29, 1.82) is 0 Å². The lowest BCUT2D eigenvalue weighted by molar-refractivity contribution is 0.102. The quantitative estimate of drug-likeness (QED) is 0.830. The molecule has 4 nitrogen and oxygen atoms in total. The van der Waals surface area contributed by atoms with Crippen molar-refractivity contribution in [3.8, 4) is 11.8 Å². The molecular weight excluding hydrogens is 264 g/mol. The summed E-state index contributed by atoms with van der Waals surface area (Å²) in [6.45, 7) is 3.55. The van der Waals surface area contributed by atoms with E-state index in [4.69, 9.17) is 5.11 Å². The first kappa shape index (κ1) is 14.8. The second-order valence-electron chi connectivity index (χ2n) is 4.63. The van der Waals surface area contributed by atoms with Crippen LogP contribution in [0, 0.1) is 25.7 Å². The lowest BCUT2D eigenvalue weighted by Gasteiger charge is -2.08. The summed E-state index contributed by atoms with van der Waals surface area (Å²) in [5, 5.41) is 11.6. The van der Waals surface area contributed by atoms with Gasteiger partial charge in [0.25, 0.3) is 5.91 Å². The number of aromatic nitrogens is 1. The van der Waals surface area contributed by atoms with E-state index in [9.17, 15) is 4.79 Å². The molecule has 4 heteroatoms. The minimum Gasteiger partial charge on any atom is -0.384 e. The van der Waals surface area contributed by atoms with Gasteiger partial charge in [0, 0.05) is 11.3 Å². The van der Waals surface area contributed by atoms with Crippen molar-refractivity contribution >= 4 is 11.6 Å². The van der Waals surface area contributed by atoms with Crippen LogP contribution < -0.4 is 5.32 Å². The van der Waals surface area contributed by atoms with E-state index in [0.29, 0.717) is 16.9 Å². The second kappa shape index (κ2) is 6.69. The van der Waals surface area contributed by atoms with Gasteiger partial charge in [0.1, 0.15) is 12.3 Å². The third kappa shape index (κ3) is 3.91. The summed E-state index contributed by atoms with van der Waals surface area (Å²) in [7, 11) is 0. The van der Waals surface area contributed by atoms with Crippen molar-refractivity contribution < 1.29 is 9.90 Å². The highest BCUT2D eigenvalue weighted by Crippen LogP contribution is 2.17. The molecule has 0 bridgehead atoms. The van der Waals surface area contributed by atoms with E-state index in [1.54, 1.807) is 18.2 Å². The largest absolute Gasteiger partial charge is 0.384 e. The number of hydrogen-bond donors (Lipinski definition) is 2. The molecule has 1 amide bonds. The zero-order valence-electron chi connectivity index (χ0n) is 12.0. The number of anilines is 1. The fraction of sp³-hybridized carbons (Fsp3) is 0.176. The zero-order chi connectivity index (χ0) is 15.2. The Labute approximate surface area is 123 Å². The van der Waals surface area contributed by atoms with Crippen LogP contribution in [0.25, 0.3) is 0 Å². The number of hydrogen-bond acceptors (Lipinski definition) is 3. The molecule has 2 N–H and O–H groups in total. The number of carbonyl (C=O) groups is 1. The standard InChI is InChI=1S/C17H16N2O2/c1-12-8-9-15(14(11-12)6-4-10-20)19-17(21)16-7-3-5-13(2)18-16/h3,5,7-9,11,20H,10H2,1-2H3,(H,19,21). The van der Waals surface area contributed by atoms with Crippen molar-refractivity contribution in [3.63, 3.8) is 0 Å². The molecule has 0 saturated heterocycles. The third-order valence-corrected chi connectivity index (χ3v) is 2.85. The molecule has 0 spiro atoms. The summed E-state index contributed by atoms with van der Waals surface area (Å²) in [6.07, 6.45) is 0. The summed E-state index contributed by atoms with van der Waals surface area (Å²) < 4.78 is 0. The van der Waals surface area contributed by atoms with Gasteiger partial charge in [-0.2, -0.15) is 0 Å². The average molecular weight is 280 g/mol. The van der Waals surface area contributed by atoms with Crippen LogP contribution in [0.5, 0.6) is 0 Å². The summed E-state index contributed by atoms with van der Waals surface area (Å²) in [4.78, 5) is 16.4. The van der Waals surface area contributed by atoms with E-state index in [1.165, 1.54) is 0 Å². The first-order valence-electron chi connectivity index (χ1n) is 6.55. The molecule has 2 aromatic rings. The highest BCUT2D eigenvalue weighted by Gasteiger charge is 2.10. The van der Waals surface area contributed by atoms with Crippen molar-refractivity contribution in [2.24, 2.45) is 0 Å². The summed E-state index contributed by atoms with van der Waals surface area (Å²) in [6, 6.07) is 10.8. The summed E-state index contributed by atoms with van der Waals surface area (Å²) in [5.74, 6) is 5.15. The Morgan fingerprint density at radius 2 is 2.10 bits per heavy atom. The Hall–Kier alpha value is -2.64. The number of pyridine rings is 1. The van der Waals surface area contributed by atoms with Crippen LogP contribution >= 0.6 is 0 Å². The monoisotopic (exact) mass is 280 g/mol. The van der Waals surface area contributed by atoms with Crippen molar-refractivity contribution in [2.75, 3.05) is 11.9 Å². The number of aliphatic hydroxyl groups excluding tert-OH is 1. The van der Waals surface area contributed by atoms with Crippen molar-refractivity contribution in [2.45, 2.75) is 13.8 Å². The van der Waals surface area contributed by atoms with E-state index in [-0.39, 0.29) is 12.5 Å².